The molecule has 1 heterocycles. The molecule has 0 aliphatic carbocycles. The summed E-state index contributed by atoms with van der Waals surface area (Å²) in [7, 11) is 0. The van der Waals surface area contributed by atoms with E-state index >= 15 is 0 Å². The predicted molar refractivity (Wildman–Crippen MR) is 65.1 cm³/mol. The van der Waals surface area contributed by atoms with Gasteiger partial charge in [0.05, 0.1) is 0 Å². The van der Waals surface area contributed by atoms with Gasteiger partial charge in [-0.15, -0.1) is 0 Å². The molecular weight excluding hydrogens is 242 g/mol. The molecule has 0 bridgehead atoms. The van der Waals surface area contributed by atoms with Crippen LogP contribution in [0.15, 0.2) is 15.8 Å². The molecule has 7 heteroatoms. The summed E-state index contributed by atoms with van der Waals surface area (Å²) in [5.74, 6) is 1.51. The molecule has 0 saturated heterocycles. The number of aryl methyl sites for hydroxylation is 1. The topological polar surface area (TPSA) is 98.9 Å². The van der Waals surface area contributed by atoms with E-state index in [4.69, 9.17) is 10.4 Å². The van der Waals surface area contributed by atoms with Crippen LogP contribution in [-0.4, -0.2) is 32.8 Å². The van der Waals surface area contributed by atoms with Gasteiger partial charge < -0.3 is 5.11 Å². The van der Waals surface area contributed by atoms with Crippen LogP contribution >= 0.6 is 11.8 Å². The van der Waals surface area contributed by atoms with Gasteiger partial charge in [0.2, 0.25) is 0 Å². The number of hydrogen-bond donors (Lipinski definition) is 2. The summed E-state index contributed by atoms with van der Waals surface area (Å²) >= 11 is 1.60. The van der Waals surface area contributed by atoms with Crippen LogP contribution in [0.2, 0.25) is 0 Å². The van der Waals surface area contributed by atoms with E-state index in [1.165, 1.54) is 10.8 Å². The molecule has 0 saturated carbocycles. The van der Waals surface area contributed by atoms with Crippen molar-refractivity contribution < 1.29 is 5.11 Å². The number of aliphatic hydroxyl groups excluding tert-OH is 1. The van der Waals surface area contributed by atoms with Gasteiger partial charge in [-0.1, -0.05) is 0 Å². The average molecular weight is 255 g/mol. The fourth-order valence-electron chi connectivity index (χ4n) is 1.19. The molecular formula is C10H13N3O3S. The van der Waals surface area contributed by atoms with Gasteiger partial charge in [-0.2, -0.15) is 17.0 Å². The minimum atomic E-state index is -0.651. The Hall–Kier alpha value is -1.52. The molecule has 6 nitrogen and oxygen atoms in total. The molecule has 1 rings (SSSR count). The largest absolute Gasteiger partial charge is 0.396 e. The van der Waals surface area contributed by atoms with Crippen molar-refractivity contribution in [1.29, 1.82) is 5.26 Å². The monoisotopic (exact) mass is 255 g/mol. The third kappa shape index (κ3) is 4.09. The second-order valence-electron chi connectivity index (χ2n) is 3.30. The van der Waals surface area contributed by atoms with Crippen LogP contribution in [0.1, 0.15) is 12.0 Å². The van der Waals surface area contributed by atoms with E-state index in [2.05, 4.69) is 4.98 Å². The summed E-state index contributed by atoms with van der Waals surface area (Å²) in [6, 6.07) is 1.73. The quantitative estimate of drug-likeness (QED) is 0.669. The van der Waals surface area contributed by atoms with Crippen molar-refractivity contribution in [3.63, 3.8) is 0 Å². The molecule has 0 aliphatic heterocycles. The average Bonchev–Trinajstić information content (AvgIpc) is 2.31. The van der Waals surface area contributed by atoms with E-state index in [1.54, 1.807) is 17.8 Å². The highest BCUT2D eigenvalue weighted by molar-refractivity contribution is 7.99. The molecule has 17 heavy (non-hydrogen) atoms. The van der Waals surface area contributed by atoms with Crippen LogP contribution < -0.4 is 11.2 Å². The first-order valence-electron chi connectivity index (χ1n) is 5.11. The maximum absolute atomic E-state index is 11.4. The summed E-state index contributed by atoms with van der Waals surface area (Å²) < 4.78 is 1.31. The van der Waals surface area contributed by atoms with Gasteiger partial charge in [0.1, 0.15) is 11.6 Å². The first-order chi connectivity index (χ1) is 8.19. The first kappa shape index (κ1) is 13.5. The molecule has 0 aliphatic rings. The van der Waals surface area contributed by atoms with Crippen molar-refractivity contribution >= 4 is 11.8 Å². The third-order valence-corrected chi connectivity index (χ3v) is 3.10. The number of aromatic amines is 1. The van der Waals surface area contributed by atoms with Crippen molar-refractivity contribution in [1.82, 2.24) is 9.55 Å². The lowest BCUT2D eigenvalue weighted by Crippen LogP contribution is -2.31. The van der Waals surface area contributed by atoms with Crippen LogP contribution in [0.25, 0.3) is 0 Å². The van der Waals surface area contributed by atoms with Crippen molar-refractivity contribution in [2.45, 2.75) is 13.0 Å². The first-order valence-corrected chi connectivity index (χ1v) is 6.27. The minimum Gasteiger partial charge on any atom is -0.396 e. The zero-order valence-electron chi connectivity index (χ0n) is 9.18. The SMILES string of the molecule is N#Cc1cn(CCSCCCO)c(=O)[nH]c1=O. The molecule has 92 valence electrons. The highest BCUT2D eigenvalue weighted by atomic mass is 32.2. The molecule has 0 amide bonds. The van der Waals surface area contributed by atoms with E-state index < -0.39 is 11.2 Å². The Morgan fingerprint density at radius 1 is 1.47 bits per heavy atom. The lowest BCUT2D eigenvalue weighted by molar-refractivity contribution is 0.296. The van der Waals surface area contributed by atoms with Crippen LogP contribution in [0.4, 0.5) is 0 Å². The molecule has 1 aromatic rings. The summed E-state index contributed by atoms with van der Waals surface area (Å²) in [6.07, 6.45) is 1.99. The standard InChI is InChI=1S/C10H13N3O3S/c11-6-8-7-13(10(16)12-9(8)15)2-5-17-4-1-3-14/h7,14H,1-5H2,(H,12,15,16). The second kappa shape index (κ2) is 6.93. The van der Waals surface area contributed by atoms with Gasteiger partial charge in [-0.05, 0) is 12.2 Å². The molecule has 0 aromatic carbocycles. The number of nitrogens with zero attached hydrogens (tertiary/aromatic N) is 2. The smallest absolute Gasteiger partial charge is 0.328 e. The van der Waals surface area contributed by atoms with E-state index in [-0.39, 0.29) is 12.2 Å². The Bertz CT molecular complexity index is 515. The number of aliphatic hydroxyl groups is 1. The summed E-state index contributed by atoms with van der Waals surface area (Å²) in [6.45, 7) is 0.588. The summed E-state index contributed by atoms with van der Waals surface area (Å²) in [4.78, 5) is 24.6. The van der Waals surface area contributed by atoms with Crippen molar-refractivity contribution in [3.05, 3.63) is 32.6 Å². The lowest BCUT2D eigenvalue weighted by Gasteiger charge is -2.04. The maximum Gasteiger partial charge on any atom is 0.328 e. The number of aromatic nitrogens is 2. The minimum absolute atomic E-state index is 0.0649. The summed E-state index contributed by atoms with van der Waals surface area (Å²) in [5.41, 5.74) is -1.22. The van der Waals surface area contributed by atoms with Gasteiger partial charge in [0.25, 0.3) is 5.56 Å². The number of hydrogen-bond acceptors (Lipinski definition) is 5. The van der Waals surface area contributed by atoms with Crippen LogP contribution in [0, 0.1) is 11.3 Å². The van der Waals surface area contributed by atoms with Crippen molar-refractivity contribution in [2.75, 3.05) is 18.1 Å². The number of nitrogens with one attached hydrogen (secondary N) is 1. The Morgan fingerprint density at radius 3 is 2.88 bits per heavy atom. The molecule has 0 radical (unpaired) electrons. The molecule has 0 spiro atoms. The van der Waals surface area contributed by atoms with E-state index in [0.717, 1.165) is 5.75 Å². The van der Waals surface area contributed by atoms with Gasteiger partial charge in [-0.25, -0.2) is 4.79 Å². The highest BCUT2D eigenvalue weighted by Crippen LogP contribution is 2.02. The maximum atomic E-state index is 11.4. The fourth-order valence-corrected chi connectivity index (χ4v) is 2.05. The van der Waals surface area contributed by atoms with Gasteiger partial charge in [0, 0.05) is 25.1 Å². The van der Waals surface area contributed by atoms with Gasteiger partial charge in [0.15, 0.2) is 0 Å². The third-order valence-electron chi connectivity index (χ3n) is 2.05. The van der Waals surface area contributed by atoms with Gasteiger partial charge in [-0.3, -0.25) is 14.3 Å². The zero-order chi connectivity index (χ0) is 12.7. The predicted octanol–water partition coefficient (Wildman–Crippen LogP) is -0.476. The number of rotatable bonds is 6. The van der Waals surface area contributed by atoms with Gasteiger partial charge >= 0.3 is 5.69 Å². The fraction of sp³-hybridized carbons (Fsp3) is 0.500. The molecule has 0 fully saturated rings. The Morgan fingerprint density at radius 2 is 2.24 bits per heavy atom. The van der Waals surface area contributed by atoms with Crippen LogP contribution in [-0.2, 0) is 6.54 Å². The molecule has 2 N–H and O–H groups in total. The Balaban J connectivity index is 2.63. The zero-order valence-corrected chi connectivity index (χ0v) is 10.00. The lowest BCUT2D eigenvalue weighted by atomic mass is 10.4. The molecule has 0 unspecified atom stereocenters. The Kier molecular flexibility index (Phi) is 5.52. The van der Waals surface area contributed by atoms with E-state index in [9.17, 15) is 9.59 Å². The summed E-state index contributed by atoms with van der Waals surface area (Å²) in [5, 5.41) is 17.2. The molecule has 0 atom stereocenters. The number of thioether (sulfide) groups is 1. The van der Waals surface area contributed by atoms with Crippen molar-refractivity contribution in [2.24, 2.45) is 0 Å². The number of H-pyrrole nitrogens is 1. The normalized spacial score (nSPS) is 10.1. The highest BCUT2D eigenvalue weighted by Gasteiger charge is 2.03. The second-order valence-corrected chi connectivity index (χ2v) is 4.52. The van der Waals surface area contributed by atoms with E-state index in [0.29, 0.717) is 18.7 Å². The van der Waals surface area contributed by atoms with E-state index in [1.807, 2.05) is 0 Å². The van der Waals surface area contributed by atoms with Crippen LogP contribution in [0.3, 0.4) is 0 Å². The number of nitriles is 1. The van der Waals surface area contributed by atoms with Crippen molar-refractivity contribution in [3.8, 4) is 6.07 Å². The Labute approximate surface area is 102 Å². The molecule has 1 aromatic heterocycles. The van der Waals surface area contributed by atoms with Crippen LogP contribution in [0.5, 0.6) is 0 Å².